The van der Waals surface area contributed by atoms with Gasteiger partial charge < -0.3 is 15.2 Å². The molecule has 1 aliphatic carbocycles. The molecule has 37 heavy (non-hydrogen) atoms. The highest BCUT2D eigenvalue weighted by Gasteiger charge is 2.39. The maximum Gasteiger partial charge on any atom is 0.273 e. The van der Waals surface area contributed by atoms with Crippen molar-refractivity contribution < 1.29 is 22.9 Å². The van der Waals surface area contributed by atoms with Crippen LogP contribution in [0, 0.1) is 17.6 Å². The van der Waals surface area contributed by atoms with Crippen LogP contribution in [0.5, 0.6) is 0 Å². The lowest BCUT2D eigenvalue weighted by molar-refractivity contribution is -0.128. The van der Waals surface area contributed by atoms with E-state index >= 15 is 0 Å². The number of aromatic nitrogens is 3. The summed E-state index contributed by atoms with van der Waals surface area (Å²) >= 11 is 0. The van der Waals surface area contributed by atoms with Crippen LogP contribution in [-0.4, -0.2) is 57.2 Å². The topological polar surface area (TPSA) is 116 Å². The summed E-state index contributed by atoms with van der Waals surface area (Å²) in [5.74, 6) is -2.65. The number of piperidine rings is 1. The summed E-state index contributed by atoms with van der Waals surface area (Å²) < 4.78 is 32.6. The van der Waals surface area contributed by atoms with Crippen molar-refractivity contribution in [1.82, 2.24) is 30.9 Å². The molecule has 2 fully saturated rings. The monoisotopic (exact) mass is 512 g/mol. The molecule has 3 N–H and O–H groups in total. The molecule has 0 bridgehead atoms. The SMILES string of the molecule is CC(NC(=O)[C@H]1CN(C2CCCC2)CC[C@@H]1NC(=O)c1cc(-c2ccc(F)cc2F)on1)c1ccn[nH]1. The number of amides is 2. The lowest BCUT2D eigenvalue weighted by Gasteiger charge is -2.41. The summed E-state index contributed by atoms with van der Waals surface area (Å²) in [4.78, 5) is 28.8. The largest absolute Gasteiger partial charge is 0.355 e. The van der Waals surface area contributed by atoms with E-state index < -0.39 is 29.5 Å². The van der Waals surface area contributed by atoms with Gasteiger partial charge in [0.1, 0.15) is 11.6 Å². The maximum absolute atomic E-state index is 14.1. The number of hydrogen-bond donors (Lipinski definition) is 3. The van der Waals surface area contributed by atoms with Crippen LogP contribution in [0.4, 0.5) is 8.78 Å². The normalized spacial score (nSPS) is 21.6. The number of aromatic amines is 1. The maximum atomic E-state index is 14.1. The second-order valence-electron chi connectivity index (χ2n) is 9.85. The van der Waals surface area contributed by atoms with Gasteiger partial charge in [0.2, 0.25) is 5.91 Å². The minimum absolute atomic E-state index is 0.00266. The summed E-state index contributed by atoms with van der Waals surface area (Å²) in [5, 5.41) is 16.6. The minimum Gasteiger partial charge on any atom is -0.355 e. The molecular weight excluding hydrogens is 482 g/mol. The van der Waals surface area contributed by atoms with Crippen LogP contribution < -0.4 is 10.6 Å². The molecule has 2 aliphatic rings. The Morgan fingerprint density at radius 2 is 1.97 bits per heavy atom. The fourth-order valence-corrected chi connectivity index (χ4v) is 5.36. The van der Waals surface area contributed by atoms with Crippen molar-refractivity contribution in [2.75, 3.05) is 13.1 Å². The van der Waals surface area contributed by atoms with Gasteiger partial charge in [0.15, 0.2) is 11.5 Å². The highest BCUT2D eigenvalue weighted by molar-refractivity contribution is 5.94. The van der Waals surface area contributed by atoms with Gasteiger partial charge >= 0.3 is 0 Å². The van der Waals surface area contributed by atoms with Gasteiger partial charge in [-0.1, -0.05) is 18.0 Å². The molecule has 3 atom stereocenters. The van der Waals surface area contributed by atoms with Crippen LogP contribution >= 0.6 is 0 Å². The molecule has 5 rings (SSSR count). The van der Waals surface area contributed by atoms with Crippen LogP contribution in [-0.2, 0) is 4.79 Å². The molecule has 0 spiro atoms. The Morgan fingerprint density at radius 1 is 1.16 bits per heavy atom. The first kappa shape index (κ1) is 25.1. The van der Waals surface area contributed by atoms with Crippen molar-refractivity contribution in [3.8, 4) is 11.3 Å². The van der Waals surface area contributed by atoms with E-state index in [-0.39, 0.29) is 29.0 Å². The van der Waals surface area contributed by atoms with Crippen molar-refractivity contribution in [1.29, 1.82) is 0 Å². The first-order valence-corrected chi connectivity index (χ1v) is 12.7. The van der Waals surface area contributed by atoms with E-state index in [9.17, 15) is 18.4 Å². The van der Waals surface area contributed by atoms with Gasteiger partial charge in [-0.05, 0) is 44.4 Å². The summed E-state index contributed by atoms with van der Waals surface area (Å²) in [6.07, 6.45) is 6.87. The number of rotatable bonds is 7. The predicted molar refractivity (Wildman–Crippen MR) is 130 cm³/mol. The van der Waals surface area contributed by atoms with Gasteiger partial charge in [0.05, 0.1) is 23.2 Å². The number of hydrogen-bond acceptors (Lipinski definition) is 6. The Morgan fingerprint density at radius 3 is 2.70 bits per heavy atom. The van der Waals surface area contributed by atoms with Gasteiger partial charge in [-0.25, -0.2) is 8.78 Å². The summed E-state index contributed by atoms with van der Waals surface area (Å²) in [6.45, 7) is 3.20. The molecule has 1 unspecified atom stereocenters. The standard InChI is InChI=1S/C26H30F2N6O3/c1-15(21-8-10-29-32-21)30-25(35)19-14-34(17-4-2-3-5-17)11-9-22(19)31-26(36)23-13-24(37-33-23)18-7-6-16(27)12-20(18)28/h6-8,10,12-13,15,17,19,22H,2-5,9,11,14H2,1H3,(H,29,32)(H,30,35)(H,31,36)/t15?,19-,22-/m0/s1. The number of likely N-dealkylation sites (tertiary alicyclic amines) is 1. The number of nitrogens with zero attached hydrogens (tertiary/aromatic N) is 3. The molecule has 1 aliphatic heterocycles. The minimum atomic E-state index is -0.814. The lowest BCUT2D eigenvalue weighted by atomic mass is 9.89. The third-order valence-electron chi connectivity index (χ3n) is 7.43. The molecule has 3 aromatic rings. The predicted octanol–water partition coefficient (Wildman–Crippen LogP) is 3.58. The summed E-state index contributed by atoms with van der Waals surface area (Å²) in [7, 11) is 0. The Labute approximate surface area is 213 Å². The van der Waals surface area contributed by atoms with E-state index in [1.54, 1.807) is 6.20 Å². The third-order valence-corrected chi connectivity index (χ3v) is 7.43. The molecule has 1 aromatic carbocycles. The number of H-pyrrole nitrogens is 1. The Hall–Kier alpha value is -3.60. The van der Waals surface area contributed by atoms with Crippen LogP contribution in [0.25, 0.3) is 11.3 Å². The van der Waals surface area contributed by atoms with E-state index in [2.05, 4.69) is 30.9 Å². The van der Waals surface area contributed by atoms with Gasteiger partial charge in [0, 0.05) is 43.5 Å². The molecular formula is C26H30F2N6O3. The smallest absolute Gasteiger partial charge is 0.273 e. The van der Waals surface area contributed by atoms with Gasteiger partial charge in [0.25, 0.3) is 5.91 Å². The molecule has 0 radical (unpaired) electrons. The van der Waals surface area contributed by atoms with E-state index in [1.165, 1.54) is 25.0 Å². The zero-order chi connectivity index (χ0) is 25.9. The Bertz CT molecular complexity index is 1240. The van der Waals surface area contributed by atoms with E-state index in [0.717, 1.165) is 37.2 Å². The summed E-state index contributed by atoms with van der Waals surface area (Å²) in [5.41, 5.74) is 0.755. The van der Waals surface area contributed by atoms with Crippen molar-refractivity contribution in [3.05, 3.63) is 59.6 Å². The highest BCUT2D eigenvalue weighted by atomic mass is 19.1. The van der Waals surface area contributed by atoms with Crippen molar-refractivity contribution in [3.63, 3.8) is 0 Å². The zero-order valence-corrected chi connectivity index (χ0v) is 20.5. The first-order valence-electron chi connectivity index (χ1n) is 12.7. The van der Waals surface area contributed by atoms with Crippen LogP contribution in [0.3, 0.4) is 0 Å². The molecule has 2 amide bonds. The quantitative estimate of drug-likeness (QED) is 0.446. The fourth-order valence-electron chi connectivity index (χ4n) is 5.36. The zero-order valence-electron chi connectivity index (χ0n) is 20.5. The molecule has 9 nitrogen and oxygen atoms in total. The van der Waals surface area contributed by atoms with Crippen LogP contribution in [0.2, 0.25) is 0 Å². The number of benzene rings is 1. The van der Waals surface area contributed by atoms with Gasteiger partial charge in [-0.15, -0.1) is 0 Å². The molecule has 196 valence electrons. The molecule has 2 aromatic heterocycles. The van der Waals surface area contributed by atoms with Crippen molar-refractivity contribution >= 4 is 11.8 Å². The van der Waals surface area contributed by atoms with Crippen molar-refractivity contribution in [2.24, 2.45) is 5.92 Å². The highest BCUT2D eigenvalue weighted by Crippen LogP contribution is 2.29. The lowest BCUT2D eigenvalue weighted by Crippen LogP contribution is -2.57. The van der Waals surface area contributed by atoms with E-state index in [0.29, 0.717) is 19.0 Å². The Balaban J connectivity index is 1.30. The molecule has 1 saturated carbocycles. The average Bonchev–Trinajstić information content (AvgIpc) is 3.67. The van der Waals surface area contributed by atoms with Crippen LogP contribution in [0.1, 0.15) is 61.3 Å². The summed E-state index contributed by atoms with van der Waals surface area (Å²) in [6, 6.07) is 5.97. The number of carbonyl (C=O) groups is 2. The third kappa shape index (κ3) is 5.56. The first-order chi connectivity index (χ1) is 17.9. The second-order valence-corrected chi connectivity index (χ2v) is 9.85. The molecule has 1 saturated heterocycles. The number of halogens is 2. The van der Waals surface area contributed by atoms with Gasteiger partial charge in [-0.2, -0.15) is 5.10 Å². The van der Waals surface area contributed by atoms with E-state index in [4.69, 9.17) is 4.52 Å². The number of carbonyl (C=O) groups excluding carboxylic acids is 2. The number of nitrogens with one attached hydrogen (secondary N) is 3. The van der Waals surface area contributed by atoms with E-state index in [1.807, 2.05) is 13.0 Å². The van der Waals surface area contributed by atoms with Crippen LogP contribution in [0.15, 0.2) is 41.1 Å². The van der Waals surface area contributed by atoms with Gasteiger partial charge in [-0.3, -0.25) is 19.6 Å². The Kier molecular flexibility index (Phi) is 7.31. The molecule has 3 heterocycles. The average molecular weight is 513 g/mol. The fraction of sp³-hybridized carbons (Fsp3) is 0.462. The second kappa shape index (κ2) is 10.8. The molecule has 11 heteroatoms. The van der Waals surface area contributed by atoms with Crippen molar-refractivity contribution in [2.45, 2.75) is 57.2 Å².